The van der Waals surface area contributed by atoms with E-state index in [2.05, 4.69) is 32.2 Å². The van der Waals surface area contributed by atoms with Gasteiger partial charge in [0, 0.05) is 9.75 Å². The molecule has 0 saturated heterocycles. The third-order valence-corrected chi connectivity index (χ3v) is 4.72. The van der Waals surface area contributed by atoms with E-state index < -0.39 is 0 Å². The number of anilines is 1. The molecule has 108 valence electrons. The second-order valence-electron chi connectivity index (χ2n) is 5.81. The van der Waals surface area contributed by atoms with Gasteiger partial charge in [0.2, 0.25) is 0 Å². The van der Waals surface area contributed by atoms with Crippen LogP contribution in [0.4, 0.5) is 10.1 Å². The van der Waals surface area contributed by atoms with E-state index in [1.54, 1.807) is 29.5 Å². The molecule has 1 aromatic carbocycles. The van der Waals surface area contributed by atoms with Crippen LogP contribution >= 0.6 is 11.3 Å². The van der Waals surface area contributed by atoms with Gasteiger partial charge in [-0.2, -0.15) is 0 Å². The SMILES string of the molecule is CC(C)(C)c1ccc(C(CO)Nc2ccccc2F)s1. The Morgan fingerprint density at radius 3 is 2.45 bits per heavy atom. The molecule has 0 aliphatic rings. The molecule has 0 fully saturated rings. The lowest BCUT2D eigenvalue weighted by atomic mass is 9.95. The molecule has 4 heteroatoms. The van der Waals surface area contributed by atoms with Crippen molar-refractivity contribution in [3.63, 3.8) is 0 Å². The molecule has 0 aliphatic carbocycles. The number of thiophene rings is 1. The van der Waals surface area contributed by atoms with Gasteiger partial charge in [-0.15, -0.1) is 11.3 Å². The molecule has 0 aliphatic heterocycles. The van der Waals surface area contributed by atoms with Crippen molar-refractivity contribution in [2.24, 2.45) is 0 Å². The first-order valence-corrected chi connectivity index (χ1v) is 7.45. The highest BCUT2D eigenvalue weighted by atomic mass is 32.1. The van der Waals surface area contributed by atoms with E-state index in [9.17, 15) is 9.50 Å². The lowest BCUT2D eigenvalue weighted by molar-refractivity contribution is 0.277. The zero-order valence-corrected chi connectivity index (χ0v) is 12.8. The Morgan fingerprint density at radius 2 is 1.90 bits per heavy atom. The summed E-state index contributed by atoms with van der Waals surface area (Å²) >= 11 is 1.65. The van der Waals surface area contributed by atoms with Crippen LogP contribution in [0.25, 0.3) is 0 Å². The van der Waals surface area contributed by atoms with E-state index in [-0.39, 0.29) is 23.9 Å². The minimum Gasteiger partial charge on any atom is -0.394 e. The zero-order valence-electron chi connectivity index (χ0n) is 12.0. The quantitative estimate of drug-likeness (QED) is 0.879. The van der Waals surface area contributed by atoms with Crippen molar-refractivity contribution in [1.82, 2.24) is 0 Å². The molecule has 0 bridgehead atoms. The summed E-state index contributed by atoms with van der Waals surface area (Å²) in [5, 5.41) is 12.6. The van der Waals surface area contributed by atoms with Crippen LogP contribution in [0, 0.1) is 5.82 Å². The molecule has 0 spiro atoms. The number of hydrogen-bond acceptors (Lipinski definition) is 3. The Balaban J connectivity index is 2.21. The first kappa shape index (κ1) is 15.0. The summed E-state index contributed by atoms with van der Waals surface area (Å²) in [6.45, 7) is 6.39. The number of rotatable bonds is 4. The number of aliphatic hydroxyl groups excluding tert-OH is 1. The molecule has 0 amide bonds. The van der Waals surface area contributed by atoms with Gasteiger partial charge in [-0.25, -0.2) is 4.39 Å². The zero-order chi connectivity index (χ0) is 14.8. The standard InChI is InChI=1S/C16H20FNOS/c1-16(2,3)15-9-8-14(20-15)13(10-19)18-12-7-5-4-6-11(12)17/h4-9,13,18-19H,10H2,1-3H3. The first-order chi connectivity index (χ1) is 9.41. The van der Waals surface area contributed by atoms with Gasteiger partial charge in [-0.3, -0.25) is 0 Å². The van der Waals surface area contributed by atoms with Crippen molar-refractivity contribution in [2.75, 3.05) is 11.9 Å². The topological polar surface area (TPSA) is 32.3 Å². The van der Waals surface area contributed by atoms with E-state index >= 15 is 0 Å². The average Bonchev–Trinajstić information content (AvgIpc) is 2.87. The average molecular weight is 293 g/mol. The number of benzene rings is 1. The molecule has 2 aromatic rings. The van der Waals surface area contributed by atoms with Gasteiger partial charge in [0.25, 0.3) is 0 Å². The molecule has 2 rings (SSSR count). The minimum absolute atomic E-state index is 0.0710. The first-order valence-electron chi connectivity index (χ1n) is 6.64. The maximum atomic E-state index is 13.7. The van der Waals surface area contributed by atoms with Crippen LogP contribution in [0.3, 0.4) is 0 Å². The summed E-state index contributed by atoms with van der Waals surface area (Å²) < 4.78 is 13.7. The van der Waals surface area contributed by atoms with Crippen LogP contribution in [0.5, 0.6) is 0 Å². The lowest BCUT2D eigenvalue weighted by Crippen LogP contribution is -2.14. The van der Waals surface area contributed by atoms with Crippen molar-refractivity contribution < 1.29 is 9.50 Å². The van der Waals surface area contributed by atoms with Crippen molar-refractivity contribution in [1.29, 1.82) is 0 Å². The van der Waals surface area contributed by atoms with Crippen LogP contribution in [0.2, 0.25) is 0 Å². The largest absolute Gasteiger partial charge is 0.394 e. The maximum absolute atomic E-state index is 13.7. The van der Waals surface area contributed by atoms with Crippen molar-refractivity contribution in [2.45, 2.75) is 32.2 Å². The Labute approximate surface area is 123 Å². The summed E-state index contributed by atoms with van der Waals surface area (Å²) in [5.74, 6) is -0.307. The van der Waals surface area contributed by atoms with E-state index in [4.69, 9.17) is 0 Å². The molecular weight excluding hydrogens is 273 g/mol. The third kappa shape index (κ3) is 3.38. The van der Waals surface area contributed by atoms with Crippen molar-refractivity contribution in [3.05, 3.63) is 52.0 Å². The van der Waals surface area contributed by atoms with E-state index in [1.807, 2.05) is 6.07 Å². The molecule has 0 radical (unpaired) electrons. The minimum atomic E-state index is -0.307. The molecule has 1 atom stereocenters. The predicted molar refractivity (Wildman–Crippen MR) is 82.9 cm³/mol. The fraction of sp³-hybridized carbons (Fsp3) is 0.375. The van der Waals surface area contributed by atoms with Crippen LogP contribution in [-0.4, -0.2) is 11.7 Å². The Bertz CT molecular complexity index is 574. The second kappa shape index (κ2) is 5.94. The van der Waals surface area contributed by atoms with Gasteiger partial charge in [0.05, 0.1) is 18.3 Å². The predicted octanol–water partition coefficient (Wildman–Crippen LogP) is 4.33. The smallest absolute Gasteiger partial charge is 0.146 e. The van der Waals surface area contributed by atoms with Crippen molar-refractivity contribution >= 4 is 17.0 Å². The maximum Gasteiger partial charge on any atom is 0.146 e. The van der Waals surface area contributed by atoms with Gasteiger partial charge in [-0.1, -0.05) is 32.9 Å². The van der Waals surface area contributed by atoms with Gasteiger partial charge in [-0.05, 0) is 29.7 Å². The van der Waals surface area contributed by atoms with Crippen molar-refractivity contribution in [3.8, 4) is 0 Å². The number of nitrogens with one attached hydrogen (secondary N) is 1. The highest BCUT2D eigenvalue weighted by Crippen LogP contribution is 2.33. The molecule has 1 unspecified atom stereocenters. The fourth-order valence-corrected chi connectivity index (χ4v) is 3.02. The second-order valence-corrected chi connectivity index (χ2v) is 6.93. The Morgan fingerprint density at radius 1 is 1.20 bits per heavy atom. The third-order valence-electron chi connectivity index (χ3n) is 3.10. The van der Waals surface area contributed by atoms with Gasteiger partial charge < -0.3 is 10.4 Å². The summed E-state index contributed by atoms with van der Waals surface area (Å²) in [5.41, 5.74) is 0.498. The van der Waals surface area contributed by atoms with Crippen LogP contribution in [0.1, 0.15) is 36.6 Å². The lowest BCUT2D eigenvalue weighted by Gasteiger charge is -2.18. The van der Waals surface area contributed by atoms with E-state index in [1.165, 1.54) is 10.9 Å². The fourth-order valence-electron chi connectivity index (χ4n) is 1.92. The Hall–Kier alpha value is -1.39. The van der Waals surface area contributed by atoms with Crippen LogP contribution < -0.4 is 5.32 Å². The van der Waals surface area contributed by atoms with E-state index in [0.717, 1.165) is 4.88 Å². The van der Waals surface area contributed by atoms with Gasteiger partial charge in [0.15, 0.2) is 0 Å². The molecule has 1 heterocycles. The summed E-state index contributed by atoms with van der Waals surface area (Å²) in [6.07, 6.45) is 0. The molecule has 2 nitrogen and oxygen atoms in total. The molecule has 2 N–H and O–H groups in total. The summed E-state index contributed by atoms with van der Waals surface area (Å²) in [7, 11) is 0. The summed E-state index contributed by atoms with van der Waals surface area (Å²) in [4.78, 5) is 2.27. The molecule has 20 heavy (non-hydrogen) atoms. The monoisotopic (exact) mass is 293 g/mol. The van der Waals surface area contributed by atoms with Gasteiger partial charge in [0.1, 0.15) is 5.82 Å². The van der Waals surface area contributed by atoms with Crippen LogP contribution in [0.15, 0.2) is 36.4 Å². The van der Waals surface area contributed by atoms with Crippen LogP contribution in [-0.2, 0) is 5.41 Å². The normalized spacial score (nSPS) is 13.2. The number of hydrogen-bond donors (Lipinski definition) is 2. The Kier molecular flexibility index (Phi) is 4.45. The molecular formula is C16H20FNOS. The van der Waals surface area contributed by atoms with Gasteiger partial charge >= 0.3 is 0 Å². The number of aliphatic hydroxyl groups is 1. The highest BCUT2D eigenvalue weighted by Gasteiger charge is 2.20. The molecule has 1 aromatic heterocycles. The highest BCUT2D eigenvalue weighted by molar-refractivity contribution is 7.12. The molecule has 0 saturated carbocycles. The van der Waals surface area contributed by atoms with E-state index in [0.29, 0.717) is 5.69 Å². The number of para-hydroxylation sites is 1. The summed E-state index contributed by atoms with van der Waals surface area (Å²) in [6, 6.07) is 10.3. The number of halogens is 1.